The number of rotatable bonds is 2. The predicted octanol–water partition coefficient (Wildman–Crippen LogP) is 1.16. The molecule has 0 radical (unpaired) electrons. The van der Waals surface area contributed by atoms with E-state index in [9.17, 15) is 12.8 Å². The number of piperidine rings is 1. The molecule has 1 atom stereocenters. The number of halogens is 1. The van der Waals surface area contributed by atoms with Crippen molar-refractivity contribution in [3.05, 3.63) is 29.6 Å². The zero-order valence-corrected chi connectivity index (χ0v) is 11.0. The lowest BCUT2D eigenvalue weighted by atomic mass is 10.1. The summed E-state index contributed by atoms with van der Waals surface area (Å²) in [6, 6.07) is 5.18. The van der Waals surface area contributed by atoms with Crippen LogP contribution in [0.25, 0.3) is 0 Å². The SMILES string of the molecule is N#Cc1c(F)cccc1S(=O)(=O)N1CCCCC1N. The van der Waals surface area contributed by atoms with E-state index >= 15 is 0 Å². The van der Waals surface area contributed by atoms with Crippen LogP contribution in [-0.4, -0.2) is 25.4 Å². The molecular formula is C12H14FN3O2S. The molecular weight excluding hydrogens is 269 g/mol. The van der Waals surface area contributed by atoms with E-state index in [1.807, 2.05) is 0 Å². The Labute approximate surface area is 111 Å². The van der Waals surface area contributed by atoms with Crippen LogP contribution >= 0.6 is 0 Å². The van der Waals surface area contributed by atoms with Gasteiger partial charge in [0.25, 0.3) is 0 Å². The van der Waals surface area contributed by atoms with Gasteiger partial charge < -0.3 is 5.73 Å². The second-order valence-electron chi connectivity index (χ2n) is 4.40. The highest BCUT2D eigenvalue weighted by atomic mass is 32.2. The topological polar surface area (TPSA) is 87.2 Å². The quantitative estimate of drug-likeness (QED) is 0.882. The predicted molar refractivity (Wildman–Crippen MR) is 66.8 cm³/mol. The van der Waals surface area contributed by atoms with Crippen molar-refractivity contribution in [2.75, 3.05) is 6.54 Å². The second-order valence-corrected chi connectivity index (χ2v) is 6.26. The molecule has 19 heavy (non-hydrogen) atoms. The van der Waals surface area contributed by atoms with Crippen LogP contribution in [0, 0.1) is 17.1 Å². The highest BCUT2D eigenvalue weighted by Crippen LogP contribution is 2.26. The summed E-state index contributed by atoms with van der Waals surface area (Å²) in [6.45, 7) is 0.297. The molecule has 7 heteroatoms. The van der Waals surface area contributed by atoms with Gasteiger partial charge in [-0.2, -0.15) is 9.57 Å². The number of sulfonamides is 1. The molecule has 1 aromatic carbocycles. The monoisotopic (exact) mass is 283 g/mol. The Morgan fingerprint density at radius 1 is 1.42 bits per heavy atom. The Balaban J connectivity index is 2.51. The van der Waals surface area contributed by atoms with Crippen LogP contribution in [0.2, 0.25) is 0 Å². The Bertz CT molecular complexity index is 624. The van der Waals surface area contributed by atoms with Crippen LogP contribution < -0.4 is 5.73 Å². The van der Waals surface area contributed by atoms with E-state index < -0.39 is 27.6 Å². The molecule has 1 saturated heterocycles. The van der Waals surface area contributed by atoms with Gasteiger partial charge in [-0.25, -0.2) is 12.8 Å². The molecule has 5 nitrogen and oxygen atoms in total. The van der Waals surface area contributed by atoms with Crippen molar-refractivity contribution < 1.29 is 12.8 Å². The number of nitrogens with two attached hydrogens (primary N) is 1. The van der Waals surface area contributed by atoms with Crippen molar-refractivity contribution in [1.82, 2.24) is 4.31 Å². The van der Waals surface area contributed by atoms with Crippen LogP contribution in [0.1, 0.15) is 24.8 Å². The first-order valence-electron chi connectivity index (χ1n) is 5.94. The zero-order valence-electron chi connectivity index (χ0n) is 10.2. The van der Waals surface area contributed by atoms with Gasteiger partial charge in [-0.1, -0.05) is 6.07 Å². The maximum Gasteiger partial charge on any atom is 0.245 e. The minimum absolute atomic E-state index is 0.297. The van der Waals surface area contributed by atoms with Gasteiger partial charge in [-0.05, 0) is 31.4 Å². The average molecular weight is 283 g/mol. The molecule has 0 aromatic heterocycles. The molecule has 0 saturated carbocycles. The lowest BCUT2D eigenvalue weighted by molar-refractivity contribution is 0.258. The molecule has 1 aliphatic rings. The summed E-state index contributed by atoms with van der Waals surface area (Å²) in [4.78, 5) is -0.313. The fourth-order valence-corrected chi connectivity index (χ4v) is 3.92. The molecule has 0 aliphatic carbocycles. The Morgan fingerprint density at radius 2 is 2.16 bits per heavy atom. The molecule has 2 rings (SSSR count). The fourth-order valence-electron chi connectivity index (χ4n) is 2.18. The summed E-state index contributed by atoms with van der Waals surface area (Å²) in [5.41, 5.74) is 5.34. The minimum Gasteiger partial charge on any atom is -0.315 e. The van der Waals surface area contributed by atoms with Crippen LogP contribution in [0.5, 0.6) is 0 Å². The van der Waals surface area contributed by atoms with Gasteiger partial charge in [0.1, 0.15) is 22.3 Å². The van der Waals surface area contributed by atoms with E-state index in [1.54, 1.807) is 6.07 Å². The molecule has 1 unspecified atom stereocenters. The zero-order chi connectivity index (χ0) is 14.0. The summed E-state index contributed by atoms with van der Waals surface area (Å²) in [7, 11) is -3.93. The van der Waals surface area contributed by atoms with E-state index in [-0.39, 0.29) is 4.90 Å². The highest BCUT2D eigenvalue weighted by Gasteiger charge is 2.33. The second kappa shape index (κ2) is 5.25. The molecule has 1 aromatic rings. The largest absolute Gasteiger partial charge is 0.315 e. The van der Waals surface area contributed by atoms with E-state index in [1.165, 1.54) is 12.1 Å². The Kier molecular flexibility index (Phi) is 3.85. The van der Waals surface area contributed by atoms with Gasteiger partial charge in [0.15, 0.2) is 0 Å². The summed E-state index contributed by atoms with van der Waals surface area (Å²) in [5, 5.41) is 8.92. The van der Waals surface area contributed by atoms with Crippen molar-refractivity contribution in [1.29, 1.82) is 5.26 Å². The van der Waals surface area contributed by atoms with Crippen molar-refractivity contribution in [3.63, 3.8) is 0 Å². The number of nitrogens with zero attached hydrogens (tertiary/aromatic N) is 2. The van der Waals surface area contributed by atoms with Gasteiger partial charge in [0, 0.05) is 6.54 Å². The van der Waals surface area contributed by atoms with Gasteiger partial charge in [0.05, 0.1) is 6.17 Å². The van der Waals surface area contributed by atoms with Gasteiger partial charge in [0.2, 0.25) is 10.0 Å². The molecule has 102 valence electrons. The van der Waals surface area contributed by atoms with Gasteiger partial charge in [-0.3, -0.25) is 0 Å². The molecule has 0 bridgehead atoms. The maximum absolute atomic E-state index is 13.5. The molecule has 0 amide bonds. The van der Waals surface area contributed by atoms with Crippen LogP contribution in [-0.2, 0) is 10.0 Å². The van der Waals surface area contributed by atoms with Crippen molar-refractivity contribution >= 4 is 10.0 Å². The third kappa shape index (κ3) is 2.47. The van der Waals surface area contributed by atoms with Crippen molar-refractivity contribution in [2.45, 2.75) is 30.3 Å². The lowest BCUT2D eigenvalue weighted by Gasteiger charge is -2.32. The Morgan fingerprint density at radius 3 is 2.79 bits per heavy atom. The van der Waals surface area contributed by atoms with Crippen molar-refractivity contribution in [2.24, 2.45) is 5.73 Å². The van der Waals surface area contributed by atoms with E-state index in [0.29, 0.717) is 19.4 Å². The summed E-state index contributed by atoms with van der Waals surface area (Å²) < 4.78 is 39.6. The summed E-state index contributed by atoms with van der Waals surface area (Å²) in [5.74, 6) is -0.839. The van der Waals surface area contributed by atoms with Gasteiger partial charge >= 0.3 is 0 Å². The average Bonchev–Trinajstić information content (AvgIpc) is 2.38. The third-order valence-corrected chi connectivity index (χ3v) is 5.14. The molecule has 0 spiro atoms. The standard InChI is InChI=1S/C12H14FN3O2S/c13-10-4-3-5-11(9(10)8-14)19(17,18)16-7-2-1-6-12(16)15/h3-5,12H,1-2,6-7,15H2. The normalized spacial score (nSPS) is 21.0. The molecule has 1 fully saturated rings. The van der Waals surface area contributed by atoms with E-state index in [0.717, 1.165) is 16.8 Å². The number of hydrogen-bond acceptors (Lipinski definition) is 4. The summed E-state index contributed by atoms with van der Waals surface area (Å²) >= 11 is 0. The molecule has 2 N–H and O–H groups in total. The van der Waals surface area contributed by atoms with Crippen LogP contribution in [0.3, 0.4) is 0 Å². The fraction of sp³-hybridized carbons (Fsp3) is 0.417. The minimum atomic E-state index is -3.93. The maximum atomic E-state index is 13.5. The van der Waals surface area contributed by atoms with E-state index in [2.05, 4.69) is 0 Å². The first-order valence-corrected chi connectivity index (χ1v) is 7.38. The first kappa shape index (κ1) is 13.9. The molecule has 1 aliphatic heterocycles. The lowest BCUT2D eigenvalue weighted by Crippen LogP contribution is -2.48. The summed E-state index contributed by atoms with van der Waals surface area (Å²) in [6.07, 6.45) is 1.52. The molecule has 1 heterocycles. The van der Waals surface area contributed by atoms with Gasteiger partial charge in [-0.15, -0.1) is 0 Å². The van der Waals surface area contributed by atoms with Crippen LogP contribution in [0.15, 0.2) is 23.1 Å². The number of benzene rings is 1. The smallest absolute Gasteiger partial charge is 0.245 e. The van der Waals surface area contributed by atoms with E-state index in [4.69, 9.17) is 11.0 Å². The Hall–Kier alpha value is -1.49. The first-order chi connectivity index (χ1) is 8.98. The number of nitriles is 1. The van der Waals surface area contributed by atoms with Crippen molar-refractivity contribution in [3.8, 4) is 6.07 Å². The third-order valence-electron chi connectivity index (χ3n) is 3.17. The van der Waals surface area contributed by atoms with Crippen LogP contribution in [0.4, 0.5) is 4.39 Å². The number of hydrogen-bond donors (Lipinski definition) is 1. The highest BCUT2D eigenvalue weighted by molar-refractivity contribution is 7.89.